The molecule has 1 heterocycles. The van der Waals surface area contributed by atoms with E-state index in [2.05, 4.69) is 4.90 Å². The number of rotatable bonds is 1. The van der Waals surface area contributed by atoms with E-state index in [9.17, 15) is 4.79 Å². The van der Waals surface area contributed by atoms with Crippen LogP contribution in [0.2, 0.25) is 0 Å². The van der Waals surface area contributed by atoms with E-state index in [0.29, 0.717) is 6.04 Å². The van der Waals surface area contributed by atoms with Crippen LogP contribution in [0.5, 0.6) is 0 Å². The van der Waals surface area contributed by atoms with Crippen LogP contribution in [0.4, 0.5) is 0 Å². The highest BCUT2D eigenvalue weighted by Gasteiger charge is 2.41. The average Bonchev–Trinajstić information content (AvgIpc) is 2.69. The minimum Gasteiger partial charge on any atom is -0.338 e. The number of hydrogen-bond acceptors (Lipinski definition) is 2. The van der Waals surface area contributed by atoms with Crippen molar-refractivity contribution >= 4 is 5.91 Å². The first kappa shape index (κ1) is 12.9. The Balaban J connectivity index is 2.05. The number of amides is 1. The summed E-state index contributed by atoms with van der Waals surface area (Å²) in [7, 11) is 0. The molecule has 2 unspecified atom stereocenters. The molecule has 98 valence electrons. The highest BCUT2D eigenvalue weighted by atomic mass is 16.2. The Bertz CT molecular complexity index is 295. The first-order valence-corrected chi connectivity index (χ1v) is 6.97. The Morgan fingerprint density at radius 1 is 1.24 bits per heavy atom. The summed E-state index contributed by atoms with van der Waals surface area (Å²) in [6, 6.07) is 0.132. The molecule has 0 aromatic carbocycles. The Morgan fingerprint density at radius 3 is 2.53 bits per heavy atom. The van der Waals surface area contributed by atoms with Crippen molar-refractivity contribution in [3.05, 3.63) is 0 Å². The fourth-order valence-corrected chi connectivity index (χ4v) is 3.23. The van der Waals surface area contributed by atoms with Crippen LogP contribution in [-0.4, -0.2) is 29.4 Å². The third-order valence-corrected chi connectivity index (χ3v) is 4.49. The van der Waals surface area contributed by atoms with Gasteiger partial charge >= 0.3 is 0 Å². The molecule has 1 saturated heterocycles. The number of nitrogens with zero attached hydrogens (tertiary/aromatic N) is 1. The second-order valence-corrected chi connectivity index (χ2v) is 6.78. The first-order valence-electron chi connectivity index (χ1n) is 6.97. The van der Waals surface area contributed by atoms with Crippen LogP contribution in [0.25, 0.3) is 0 Å². The van der Waals surface area contributed by atoms with Crippen molar-refractivity contribution in [3.8, 4) is 0 Å². The van der Waals surface area contributed by atoms with Gasteiger partial charge in [0.1, 0.15) is 0 Å². The molecule has 1 aliphatic heterocycles. The lowest BCUT2D eigenvalue weighted by molar-refractivity contribution is -0.136. The van der Waals surface area contributed by atoms with Gasteiger partial charge in [-0.3, -0.25) is 4.79 Å². The maximum absolute atomic E-state index is 12.4. The summed E-state index contributed by atoms with van der Waals surface area (Å²) < 4.78 is 0. The summed E-state index contributed by atoms with van der Waals surface area (Å²) in [5.74, 6) is 0.923. The molecule has 2 fully saturated rings. The van der Waals surface area contributed by atoms with Gasteiger partial charge in [0.25, 0.3) is 0 Å². The van der Waals surface area contributed by atoms with Crippen LogP contribution in [0.15, 0.2) is 0 Å². The average molecular weight is 238 g/mol. The minimum atomic E-state index is -0.358. The summed E-state index contributed by atoms with van der Waals surface area (Å²) >= 11 is 0. The Hall–Kier alpha value is -0.570. The summed E-state index contributed by atoms with van der Waals surface area (Å²) in [6.07, 6.45) is 6.30. The molecule has 0 aromatic rings. The van der Waals surface area contributed by atoms with Crippen LogP contribution < -0.4 is 5.73 Å². The molecule has 2 N–H and O–H groups in total. The fourth-order valence-electron chi connectivity index (χ4n) is 3.23. The number of fused-ring (bicyclic) bond motifs is 1. The second-order valence-electron chi connectivity index (χ2n) is 6.78. The van der Waals surface area contributed by atoms with E-state index < -0.39 is 0 Å². The van der Waals surface area contributed by atoms with Crippen molar-refractivity contribution < 1.29 is 4.79 Å². The normalized spacial score (nSPS) is 31.2. The van der Waals surface area contributed by atoms with E-state index >= 15 is 0 Å². The highest BCUT2D eigenvalue weighted by molar-refractivity contribution is 5.83. The lowest BCUT2D eigenvalue weighted by atomic mass is 9.83. The fraction of sp³-hybridized carbons (Fsp3) is 0.929. The van der Waals surface area contributed by atoms with Gasteiger partial charge in [-0.2, -0.15) is 0 Å². The van der Waals surface area contributed by atoms with Gasteiger partial charge in [-0.15, -0.1) is 0 Å². The predicted molar refractivity (Wildman–Crippen MR) is 69.5 cm³/mol. The molecular formula is C14H26N2O. The molecule has 3 heteroatoms. The van der Waals surface area contributed by atoms with Crippen molar-refractivity contribution in [1.29, 1.82) is 0 Å². The predicted octanol–water partition coefficient (Wildman–Crippen LogP) is 2.15. The molecule has 1 saturated carbocycles. The molecule has 0 bridgehead atoms. The molecule has 0 aromatic heterocycles. The van der Waals surface area contributed by atoms with E-state index in [-0.39, 0.29) is 17.4 Å². The largest absolute Gasteiger partial charge is 0.338 e. The molecule has 3 nitrogen and oxygen atoms in total. The van der Waals surface area contributed by atoms with E-state index in [1.165, 1.54) is 32.1 Å². The van der Waals surface area contributed by atoms with Gasteiger partial charge < -0.3 is 10.6 Å². The zero-order valence-corrected chi connectivity index (χ0v) is 11.4. The van der Waals surface area contributed by atoms with E-state index in [1.807, 2.05) is 20.8 Å². The maximum Gasteiger partial charge on any atom is 0.240 e. The topological polar surface area (TPSA) is 46.3 Å². The minimum absolute atomic E-state index is 0.135. The van der Waals surface area contributed by atoms with Crippen molar-refractivity contribution in [2.24, 2.45) is 17.1 Å². The van der Waals surface area contributed by atoms with Crippen molar-refractivity contribution in [2.45, 2.75) is 65.0 Å². The lowest BCUT2D eigenvalue weighted by Crippen LogP contribution is -2.52. The zero-order valence-electron chi connectivity index (χ0n) is 11.4. The molecule has 1 aliphatic carbocycles. The Labute approximate surface area is 105 Å². The van der Waals surface area contributed by atoms with Gasteiger partial charge in [0.05, 0.1) is 6.04 Å². The molecule has 0 radical (unpaired) electrons. The van der Waals surface area contributed by atoms with Crippen LogP contribution in [-0.2, 0) is 4.79 Å². The molecule has 2 aliphatic rings. The van der Waals surface area contributed by atoms with Gasteiger partial charge in [0.2, 0.25) is 5.91 Å². The lowest BCUT2D eigenvalue weighted by Gasteiger charge is -2.36. The number of carbonyl (C=O) groups is 1. The summed E-state index contributed by atoms with van der Waals surface area (Å²) in [6.45, 7) is 7.07. The molecule has 1 amide bonds. The van der Waals surface area contributed by atoms with E-state index in [1.54, 1.807) is 0 Å². The quantitative estimate of drug-likeness (QED) is 0.761. The smallest absolute Gasteiger partial charge is 0.240 e. The van der Waals surface area contributed by atoms with Crippen molar-refractivity contribution in [1.82, 2.24) is 4.90 Å². The van der Waals surface area contributed by atoms with Gasteiger partial charge in [-0.1, -0.05) is 33.6 Å². The summed E-state index contributed by atoms with van der Waals surface area (Å²) in [5, 5.41) is 0. The van der Waals surface area contributed by atoms with E-state index in [0.717, 1.165) is 12.5 Å². The standard InChI is InChI=1S/C14H26N2O/c1-14(2,3)12(15)13(17)16-9-8-10-6-4-5-7-11(10)16/h10-12H,4-9,15H2,1-3H3/t10?,11?,12-/m1/s1. The highest BCUT2D eigenvalue weighted by Crippen LogP contribution is 2.37. The van der Waals surface area contributed by atoms with Gasteiger partial charge in [0.15, 0.2) is 0 Å². The van der Waals surface area contributed by atoms with Crippen molar-refractivity contribution in [2.75, 3.05) is 6.54 Å². The number of carbonyl (C=O) groups excluding carboxylic acids is 1. The monoisotopic (exact) mass is 238 g/mol. The SMILES string of the molecule is CC(C)(C)[C@H](N)C(=O)N1CCC2CCCCC21. The molecular weight excluding hydrogens is 212 g/mol. The molecule has 2 rings (SSSR count). The Morgan fingerprint density at radius 2 is 1.88 bits per heavy atom. The first-order chi connectivity index (χ1) is 7.91. The summed E-state index contributed by atoms with van der Waals surface area (Å²) in [4.78, 5) is 14.5. The zero-order chi connectivity index (χ0) is 12.6. The van der Waals surface area contributed by atoms with Crippen LogP contribution in [0.1, 0.15) is 52.9 Å². The number of likely N-dealkylation sites (tertiary alicyclic amines) is 1. The van der Waals surface area contributed by atoms with Crippen LogP contribution in [0.3, 0.4) is 0 Å². The van der Waals surface area contributed by atoms with Gasteiger partial charge in [0, 0.05) is 12.6 Å². The van der Waals surface area contributed by atoms with Crippen molar-refractivity contribution in [3.63, 3.8) is 0 Å². The molecule has 0 spiro atoms. The van der Waals surface area contributed by atoms with Crippen LogP contribution >= 0.6 is 0 Å². The molecule has 17 heavy (non-hydrogen) atoms. The van der Waals surface area contributed by atoms with E-state index in [4.69, 9.17) is 5.73 Å². The third-order valence-electron chi connectivity index (χ3n) is 4.49. The van der Waals surface area contributed by atoms with Crippen LogP contribution in [0, 0.1) is 11.3 Å². The Kier molecular flexibility index (Phi) is 3.48. The summed E-state index contributed by atoms with van der Waals surface area (Å²) in [5.41, 5.74) is 5.97. The number of hydrogen-bond donors (Lipinski definition) is 1. The van der Waals surface area contributed by atoms with Gasteiger partial charge in [-0.05, 0) is 30.6 Å². The van der Waals surface area contributed by atoms with Gasteiger partial charge in [-0.25, -0.2) is 0 Å². The molecule has 3 atom stereocenters. The number of nitrogens with two attached hydrogens (primary N) is 1. The maximum atomic E-state index is 12.4. The second kappa shape index (κ2) is 4.60. The third kappa shape index (κ3) is 2.49.